The van der Waals surface area contributed by atoms with Crippen LogP contribution in [-0.2, 0) is 4.79 Å². The van der Waals surface area contributed by atoms with Crippen molar-refractivity contribution in [1.29, 1.82) is 0 Å². The molecule has 17 heavy (non-hydrogen) atoms. The summed E-state index contributed by atoms with van der Waals surface area (Å²) in [4.78, 5) is 24.2. The Morgan fingerprint density at radius 1 is 1.29 bits per heavy atom. The van der Waals surface area contributed by atoms with E-state index in [-0.39, 0.29) is 18.5 Å². The largest absolute Gasteiger partial charge is 0.337 e. The van der Waals surface area contributed by atoms with Gasteiger partial charge in [0.05, 0.1) is 0 Å². The highest BCUT2D eigenvalue weighted by atomic mass is 16.2. The van der Waals surface area contributed by atoms with Gasteiger partial charge in [0.25, 0.3) is 0 Å². The molecule has 3 amide bonds. The van der Waals surface area contributed by atoms with E-state index in [4.69, 9.17) is 5.73 Å². The number of carbonyl (C=O) groups is 2. The molecule has 0 saturated heterocycles. The van der Waals surface area contributed by atoms with Crippen LogP contribution in [0.15, 0.2) is 0 Å². The maximum absolute atomic E-state index is 11.8. The van der Waals surface area contributed by atoms with Gasteiger partial charge in [-0.3, -0.25) is 9.69 Å². The van der Waals surface area contributed by atoms with Gasteiger partial charge in [0, 0.05) is 26.6 Å². The molecule has 0 radical (unpaired) electrons. The third-order valence-corrected chi connectivity index (χ3v) is 3.24. The number of nitrogens with one attached hydrogen (secondary N) is 1. The Balaban J connectivity index is 2.33. The Hall–Kier alpha value is -1.10. The van der Waals surface area contributed by atoms with Gasteiger partial charge >= 0.3 is 6.03 Å². The van der Waals surface area contributed by atoms with Gasteiger partial charge in [-0.2, -0.15) is 0 Å². The van der Waals surface area contributed by atoms with Crippen LogP contribution in [0, 0.1) is 5.92 Å². The van der Waals surface area contributed by atoms with Crippen molar-refractivity contribution in [3.05, 3.63) is 0 Å². The molecule has 1 rings (SSSR count). The van der Waals surface area contributed by atoms with E-state index in [0.29, 0.717) is 19.0 Å². The molecule has 0 unspecified atom stereocenters. The van der Waals surface area contributed by atoms with Gasteiger partial charge in [0.2, 0.25) is 5.91 Å². The lowest BCUT2D eigenvalue weighted by Gasteiger charge is -2.24. The second-order valence-electron chi connectivity index (χ2n) is 4.65. The standard InChI is InChI=1S/C12H23N3O2/c1-10(16)15(8-7-13)12(17)14-9-11-5-3-2-4-6-11/h11H,2-9,13H2,1H3,(H,14,17). The second kappa shape index (κ2) is 7.27. The Labute approximate surface area is 103 Å². The molecule has 1 saturated carbocycles. The molecule has 5 nitrogen and oxygen atoms in total. The van der Waals surface area contributed by atoms with E-state index >= 15 is 0 Å². The monoisotopic (exact) mass is 241 g/mol. The van der Waals surface area contributed by atoms with Gasteiger partial charge in [-0.05, 0) is 18.8 Å². The highest BCUT2D eigenvalue weighted by molar-refractivity contribution is 5.93. The third-order valence-electron chi connectivity index (χ3n) is 3.24. The number of amides is 3. The van der Waals surface area contributed by atoms with Crippen molar-refractivity contribution in [3.8, 4) is 0 Å². The Morgan fingerprint density at radius 2 is 1.94 bits per heavy atom. The first kappa shape index (κ1) is 14.0. The van der Waals surface area contributed by atoms with E-state index in [1.165, 1.54) is 43.9 Å². The summed E-state index contributed by atoms with van der Waals surface area (Å²) in [5.41, 5.74) is 5.37. The van der Waals surface area contributed by atoms with Gasteiger partial charge in [-0.25, -0.2) is 4.79 Å². The van der Waals surface area contributed by atoms with Crippen LogP contribution in [0.4, 0.5) is 4.79 Å². The van der Waals surface area contributed by atoms with Crippen molar-refractivity contribution in [1.82, 2.24) is 10.2 Å². The van der Waals surface area contributed by atoms with Crippen molar-refractivity contribution in [2.75, 3.05) is 19.6 Å². The van der Waals surface area contributed by atoms with Crippen LogP contribution in [0.3, 0.4) is 0 Å². The molecule has 1 fully saturated rings. The minimum absolute atomic E-state index is 0.253. The highest BCUT2D eigenvalue weighted by Crippen LogP contribution is 2.22. The lowest BCUT2D eigenvalue weighted by molar-refractivity contribution is -0.125. The van der Waals surface area contributed by atoms with Crippen LogP contribution in [0.2, 0.25) is 0 Å². The molecular formula is C12H23N3O2. The topological polar surface area (TPSA) is 75.4 Å². The van der Waals surface area contributed by atoms with Crippen LogP contribution in [0.25, 0.3) is 0 Å². The second-order valence-corrected chi connectivity index (χ2v) is 4.65. The van der Waals surface area contributed by atoms with Crippen LogP contribution in [0.5, 0.6) is 0 Å². The van der Waals surface area contributed by atoms with Crippen LogP contribution < -0.4 is 11.1 Å². The van der Waals surface area contributed by atoms with Gasteiger partial charge in [-0.1, -0.05) is 19.3 Å². The molecule has 0 spiro atoms. The molecular weight excluding hydrogens is 218 g/mol. The molecule has 0 atom stereocenters. The molecule has 0 aromatic rings. The minimum Gasteiger partial charge on any atom is -0.337 e. The number of nitrogens with zero attached hydrogens (tertiary/aromatic N) is 1. The summed E-state index contributed by atoms with van der Waals surface area (Å²) in [5.74, 6) is 0.316. The molecule has 0 heterocycles. The molecule has 5 heteroatoms. The quantitative estimate of drug-likeness (QED) is 0.773. The average Bonchev–Trinajstić information content (AvgIpc) is 2.34. The van der Waals surface area contributed by atoms with E-state index < -0.39 is 0 Å². The zero-order valence-electron chi connectivity index (χ0n) is 10.6. The third kappa shape index (κ3) is 4.73. The fourth-order valence-corrected chi connectivity index (χ4v) is 2.25. The van der Waals surface area contributed by atoms with Crippen LogP contribution in [0.1, 0.15) is 39.0 Å². The minimum atomic E-state index is -0.312. The summed E-state index contributed by atoms with van der Waals surface area (Å²) < 4.78 is 0. The lowest BCUT2D eigenvalue weighted by Crippen LogP contribution is -2.46. The summed E-state index contributed by atoms with van der Waals surface area (Å²) >= 11 is 0. The predicted octanol–water partition coefficient (Wildman–Crippen LogP) is 1.08. The zero-order chi connectivity index (χ0) is 12.7. The number of urea groups is 1. The van der Waals surface area contributed by atoms with E-state index in [1.807, 2.05) is 0 Å². The van der Waals surface area contributed by atoms with Gasteiger partial charge in [0.15, 0.2) is 0 Å². The van der Waals surface area contributed by atoms with Gasteiger partial charge in [0.1, 0.15) is 0 Å². The Kier molecular flexibility index (Phi) is 5.97. The van der Waals surface area contributed by atoms with E-state index in [0.717, 1.165) is 0 Å². The Bertz CT molecular complexity index is 262. The zero-order valence-corrected chi connectivity index (χ0v) is 10.6. The van der Waals surface area contributed by atoms with Crippen molar-refractivity contribution in [3.63, 3.8) is 0 Å². The summed E-state index contributed by atoms with van der Waals surface area (Å²) in [6.07, 6.45) is 6.16. The molecule has 0 aromatic heterocycles. The van der Waals surface area contributed by atoms with Crippen molar-refractivity contribution in [2.45, 2.75) is 39.0 Å². The van der Waals surface area contributed by atoms with Gasteiger partial charge in [-0.15, -0.1) is 0 Å². The lowest BCUT2D eigenvalue weighted by atomic mass is 9.89. The van der Waals surface area contributed by atoms with Crippen molar-refractivity contribution >= 4 is 11.9 Å². The summed E-state index contributed by atoms with van der Waals surface area (Å²) in [6, 6.07) is -0.312. The van der Waals surface area contributed by atoms with Gasteiger partial charge < -0.3 is 11.1 Å². The molecule has 98 valence electrons. The SMILES string of the molecule is CC(=O)N(CCN)C(=O)NCC1CCCCC1. The first-order valence-electron chi connectivity index (χ1n) is 6.41. The van der Waals surface area contributed by atoms with E-state index in [9.17, 15) is 9.59 Å². The van der Waals surface area contributed by atoms with E-state index in [1.54, 1.807) is 0 Å². The Morgan fingerprint density at radius 3 is 2.47 bits per heavy atom. The predicted molar refractivity (Wildman–Crippen MR) is 66.4 cm³/mol. The van der Waals surface area contributed by atoms with Crippen LogP contribution in [-0.4, -0.2) is 36.5 Å². The summed E-state index contributed by atoms with van der Waals surface area (Å²) in [7, 11) is 0. The number of carbonyl (C=O) groups excluding carboxylic acids is 2. The molecule has 3 N–H and O–H groups in total. The molecule has 0 aromatic carbocycles. The normalized spacial score (nSPS) is 16.6. The molecule has 0 aliphatic heterocycles. The average molecular weight is 241 g/mol. The number of nitrogens with two attached hydrogens (primary N) is 1. The summed E-state index contributed by atoms with van der Waals surface area (Å²) in [5, 5.41) is 2.83. The van der Waals surface area contributed by atoms with Crippen LogP contribution >= 0.6 is 0 Å². The fraction of sp³-hybridized carbons (Fsp3) is 0.833. The smallest absolute Gasteiger partial charge is 0.324 e. The molecule has 0 bridgehead atoms. The summed E-state index contributed by atoms with van der Waals surface area (Å²) in [6.45, 7) is 2.64. The maximum Gasteiger partial charge on any atom is 0.324 e. The first-order chi connectivity index (χ1) is 8.15. The highest BCUT2D eigenvalue weighted by Gasteiger charge is 2.19. The number of imide groups is 1. The van der Waals surface area contributed by atoms with Crippen molar-refractivity contribution in [2.24, 2.45) is 11.7 Å². The first-order valence-corrected chi connectivity index (χ1v) is 6.41. The number of hydrogen-bond donors (Lipinski definition) is 2. The maximum atomic E-state index is 11.8. The fourth-order valence-electron chi connectivity index (χ4n) is 2.25. The molecule has 1 aliphatic rings. The van der Waals surface area contributed by atoms with Crippen molar-refractivity contribution < 1.29 is 9.59 Å². The van der Waals surface area contributed by atoms with E-state index in [2.05, 4.69) is 5.32 Å². The number of hydrogen-bond acceptors (Lipinski definition) is 3. The molecule has 1 aliphatic carbocycles. The number of rotatable bonds is 4.